The second-order valence-corrected chi connectivity index (χ2v) is 5.45. The Balaban J connectivity index is 2.16. The molecule has 1 aromatic heterocycles. The lowest BCUT2D eigenvalue weighted by Gasteiger charge is -2.21. The quantitative estimate of drug-likeness (QED) is 0.599. The molecule has 0 spiro atoms. The van der Waals surface area contributed by atoms with Crippen molar-refractivity contribution < 1.29 is 14.3 Å². The van der Waals surface area contributed by atoms with E-state index >= 15 is 0 Å². The maximum absolute atomic E-state index is 12.5. The van der Waals surface area contributed by atoms with E-state index < -0.39 is 5.97 Å². The number of esters is 1. The lowest BCUT2D eigenvalue weighted by Crippen LogP contribution is -2.35. The predicted octanol–water partition coefficient (Wildman–Crippen LogP) is 2.81. The zero-order chi connectivity index (χ0) is 15.2. The fraction of sp³-hybridized carbons (Fsp3) is 0.400. The van der Waals surface area contributed by atoms with E-state index in [-0.39, 0.29) is 17.5 Å². The number of carbonyl (C=O) groups excluding carboxylic acids is 2. The zero-order valence-corrected chi connectivity index (χ0v) is 12.8. The van der Waals surface area contributed by atoms with Crippen LogP contribution in [0.1, 0.15) is 30.3 Å². The average Bonchev–Trinajstić information content (AvgIpc) is 3.15. The van der Waals surface area contributed by atoms with Crippen LogP contribution in [0.25, 0.3) is 0 Å². The van der Waals surface area contributed by atoms with Crippen LogP contribution in [-0.4, -0.2) is 30.0 Å². The SMILES string of the molecule is C=CCN(C(=O)C1CC=CC1)c1nc(C(=O)OCC)cs1. The molecule has 0 radical (unpaired) electrons. The smallest absolute Gasteiger partial charge is 0.357 e. The van der Waals surface area contributed by atoms with Gasteiger partial charge in [0, 0.05) is 17.8 Å². The fourth-order valence-corrected chi connectivity index (χ4v) is 2.93. The van der Waals surface area contributed by atoms with Crippen molar-refractivity contribution in [3.63, 3.8) is 0 Å². The third-order valence-electron chi connectivity index (χ3n) is 3.14. The number of allylic oxidation sites excluding steroid dienone is 2. The van der Waals surface area contributed by atoms with Crippen LogP contribution in [0.3, 0.4) is 0 Å². The van der Waals surface area contributed by atoms with Gasteiger partial charge in [0.15, 0.2) is 10.8 Å². The van der Waals surface area contributed by atoms with Crippen LogP contribution in [0.15, 0.2) is 30.2 Å². The number of amides is 1. The van der Waals surface area contributed by atoms with Gasteiger partial charge >= 0.3 is 5.97 Å². The largest absolute Gasteiger partial charge is 0.461 e. The Labute approximate surface area is 127 Å². The summed E-state index contributed by atoms with van der Waals surface area (Å²) in [6, 6.07) is 0. The Bertz CT molecular complexity index is 557. The van der Waals surface area contributed by atoms with Gasteiger partial charge in [-0.3, -0.25) is 9.69 Å². The topological polar surface area (TPSA) is 59.5 Å². The fourth-order valence-electron chi connectivity index (χ4n) is 2.12. The molecule has 0 aromatic carbocycles. The van der Waals surface area contributed by atoms with Crippen molar-refractivity contribution in [2.24, 2.45) is 5.92 Å². The van der Waals surface area contributed by atoms with E-state index in [2.05, 4.69) is 11.6 Å². The zero-order valence-electron chi connectivity index (χ0n) is 11.9. The molecule has 112 valence electrons. The molecule has 0 bridgehead atoms. The van der Waals surface area contributed by atoms with Crippen LogP contribution in [0.4, 0.5) is 5.13 Å². The third kappa shape index (κ3) is 3.58. The van der Waals surface area contributed by atoms with E-state index in [9.17, 15) is 9.59 Å². The van der Waals surface area contributed by atoms with Gasteiger partial charge in [-0.2, -0.15) is 0 Å². The number of thiazole rings is 1. The number of carbonyl (C=O) groups is 2. The minimum Gasteiger partial charge on any atom is -0.461 e. The molecule has 6 heteroatoms. The van der Waals surface area contributed by atoms with Gasteiger partial charge in [-0.1, -0.05) is 18.2 Å². The van der Waals surface area contributed by atoms with Crippen LogP contribution in [0, 0.1) is 5.92 Å². The summed E-state index contributed by atoms with van der Waals surface area (Å²) in [6.07, 6.45) is 7.19. The van der Waals surface area contributed by atoms with Crippen molar-refractivity contribution in [1.82, 2.24) is 4.98 Å². The second-order valence-electron chi connectivity index (χ2n) is 4.61. The number of aromatic nitrogens is 1. The minimum atomic E-state index is -0.464. The van der Waals surface area contributed by atoms with Crippen molar-refractivity contribution in [3.05, 3.63) is 35.9 Å². The maximum Gasteiger partial charge on any atom is 0.357 e. The highest BCUT2D eigenvalue weighted by atomic mass is 32.1. The number of rotatable bonds is 6. The Morgan fingerprint density at radius 3 is 2.86 bits per heavy atom. The summed E-state index contributed by atoms with van der Waals surface area (Å²) in [5, 5.41) is 2.12. The van der Waals surface area contributed by atoms with Gasteiger partial charge in [0.1, 0.15) is 0 Å². The number of hydrogen-bond acceptors (Lipinski definition) is 5. The molecule has 1 aromatic rings. The number of anilines is 1. The molecule has 0 unspecified atom stereocenters. The summed E-state index contributed by atoms with van der Waals surface area (Å²) < 4.78 is 4.91. The number of ether oxygens (including phenoxy) is 1. The van der Waals surface area contributed by atoms with Crippen LogP contribution in [0.2, 0.25) is 0 Å². The highest BCUT2D eigenvalue weighted by Gasteiger charge is 2.27. The van der Waals surface area contributed by atoms with E-state index in [1.165, 1.54) is 11.3 Å². The molecule has 5 nitrogen and oxygen atoms in total. The van der Waals surface area contributed by atoms with Crippen LogP contribution in [0.5, 0.6) is 0 Å². The molecule has 1 aliphatic rings. The van der Waals surface area contributed by atoms with Gasteiger partial charge in [-0.15, -0.1) is 17.9 Å². The maximum atomic E-state index is 12.5. The normalized spacial score (nSPS) is 14.1. The lowest BCUT2D eigenvalue weighted by atomic mass is 10.1. The second kappa shape index (κ2) is 7.17. The van der Waals surface area contributed by atoms with E-state index in [4.69, 9.17) is 4.74 Å². The highest BCUT2D eigenvalue weighted by Crippen LogP contribution is 2.27. The first-order valence-corrected chi connectivity index (χ1v) is 7.75. The molecule has 0 fully saturated rings. The van der Waals surface area contributed by atoms with E-state index in [1.807, 2.05) is 12.2 Å². The van der Waals surface area contributed by atoms with Crippen molar-refractivity contribution in [2.75, 3.05) is 18.1 Å². The Morgan fingerprint density at radius 2 is 2.24 bits per heavy atom. The standard InChI is InChI=1S/C15H18N2O3S/c1-3-9-17(13(18)11-7-5-6-8-11)15-16-12(10-21-15)14(19)20-4-2/h3,5-6,10-11H,1,4,7-9H2,2H3. The van der Waals surface area contributed by atoms with Gasteiger partial charge in [0.25, 0.3) is 0 Å². The summed E-state index contributed by atoms with van der Waals surface area (Å²) >= 11 is 1.26. The molecule has 0 N–H and O–H groups in total. The van der Waals surface area contributed by atoms with Crippen molar-refractivity contribution in [2.45, 2.75) is 19.8 Å². The Kier molecular flexibility index (Phi) is 5.27. The molecule has 0 aliphatic heterocycles. The summed E-state index contributed by atoms with van der Waals surface area (Å²) in [5.41, 5.74) is 0.239. The van der Waals surface area contributed by atoms with Crippen molar-refractivity contribution in [3.8, 4) is 0 Å². The van der Waals surface area contributed by atoms with Gasteiger partial charge in [0.2, 0.25) is 5.91 Å². The summed E-state index contributed by atoms with van der Waals surface area (Å²) in [4.78, 5) is 30.0. The van der Waals surface area contributed by atoms with Crippen LogP contribution in [-0.2, 0) is 9.53 Å². The Morgan fingerprint density at radius 1 is 1.52 bits per heavy atom. The summed E-state index contributed by atoms with van der Waals surface area (Å²) in [6.45, 7) is 6.10. The van der Waals surface area contributed by atoms with Gasteiger partial charge in [0.05, 0.1) is 6.61 Å². The number of hydrogen-bond donors (Lipinski definition) is 0. The third-order valence-corrected chi connectivity index (χ3v) is 4.01. The molecule has 21 heavy (non-hydrogen) atoms. The first kappa shape index (κ1) is 15.4. The summed E-state index contributed by atoms with van der Waals surface area (Å²) in [5.74, 6) is -0.488. The average molecular weight is 306 g/mol. The first-order chi connectivity index (χ1) is 10.2. The molecular weight excluding hydrogens is 288 g/mol. The summed E-state index contributed by atoms with van der Waals surface area (Å²) in [7, 11) is 0. The molecule has 2 rings (SSSR count). The Hall–Kier alpha value is -1.95. The molecule has 1 aliphatic carbocycles. The minimum absolute atomic E-state index is 0.0182. The molecule has 1 amide bonds. The van der Waals surface area contributed by atoms with E-state index in [1.54, 1.807) is 23.3 Å². The van der Waals surface area contributed by atoms with Crippen LogP contribution < -0.4 is 4.90 Å². The predicted molar refractivity (Wildman–Crippen MR) is 82.5 cm³/mol. The lowest BCUT2D eigenvalue weighted by molar-refractivity contribution is -0.121. The molecule has 0 saturated carbocycles. The molecular formula is C15H18N2O3S. The van der Waals surface area contributed by atoms with Gasteiger partial charge in [-0.25, -0.2) is 9.78 Å². The van der Waals surface area contributed by atoms with Crippen molar-refractivity contribution >= 4 is 28.3 Å². The van der Waals surface area contributed by atoms with Gasteiger partial charge in [-0.05, 0) is 19.8 Å². The highest BCUT2D eigenvalue weighted by molar-refractivity contribution is 7.14. The first-order valence-electron chi connectivity index (χ1n) is 6.87. The number of nitrogens with zero attached hydrogens (tertiary/aromatic N) is 2. The van der Waals surface area contributed by atoms with E-state index in [0.717, 1.165) is 12.8 Å². The van der Waals surface area contributed by atoms with Crippen LogP contribution >= 0.6 is 11.3 Å². The monoisotopic (exact) mass is 306 g/mol. The van der Waals surface area contributed by atoms with Crippen molar-refractivity contribution in [1.29, 1.82) is 0 Å². The van der Waals surface area contributed by atoms with Gasteiger partial charge < -0.3 is 4.74 Å². The van der Waals surface area contributed by atoms with E-state index in [0.29, 0.717) is 18.3 Å². The molecule has 0 saturated heterocycles. The molecule has 0 atom stereocenters. The molecule has 1 heterocycles.